The van der Waals surface area contributed by atoms with Crippen LogP contribution in [0.15, 0.2) is 28.7 Å². The molecule has 20 heavy (non-hydrogen) atoms. The molecule has 0 bridgehead atoms. The molecule has 2 N–H and O–H groups in total. The number of hydrogen-bond donors (Lipinski definition) is 2. The summed E-state index contributed by atoms with van der Waals surface area (Å²) in [5.74, 6) is -0.309. The van der Waals surface area contributed by atoms with Crippen molar-refractivity contribution in [2.75, 3.05) is 20.2 Å². The Morgan fingerprint density at radius 1 is 1.35 bits per heavy atom. The summed E-state index contributed by atoms with van der Waals surface area (Å²) in [4.78, 5) is 24.8. The second-order valence-corrected chi connectivity index (χ2v) is 5.46. The third-order valence-electron chi connectivity index (χ3n) is 2.89. The fourth-order valence-corrected chi connectivity index (χ4v) is 2.06. The number of nitrogens with one attached hydrogen (secondary N) is 1. The van der Waals surface area contributed by atoms with Crippen LogP contribution in [0.3, 0.4) is 0 Å². The molecule has 0 aliphatic rings. The molecule has 1 rings (SSSR count). The van der Waals surface area contributed by atoms with Gasteiger partial charge in [0.25, 0.3) is 0 Å². The Bertz CT molecular complexity index is 462. The first-order valence-electron chi connectivity index (χ1n) is 6.31. The lowest BCUT2D eigenvalue weighted by molar-refractivity contribution is -0.131. The van der Waals surface area contributed by atoms with Gasteiger partial charge in [0.2, 0.25) is 11.8 Å². The van der Waals surface area contributed by atoms with Crippen LogP contribution in [0, 0.1) is 0 Å². The molecule has 5 nitrogen and oxygen atoms in total. The molecule has 1 aromatic rings. The van der Waals surface area contributed by atoms with Gasteiger partial charge in [0.15, 0.2) is 0 Å². The van der Waals surface area contributed by atoms with Crippen LogP contribution in [0.1, 0.15) is 24.9 Å². The number of aliphatic hydroxyl groups is 1. The average molecular weight is 343 g/mol. The topological polar surface area (TPSA) is 69.6 Å². The van der Waals surface area contributed by atoms with Gasteiger partial charge >= 0.3 is 0 Å². The molecule has 0 saturated heterocycles. The molecule has 2 amide bonds. The number of nitrogens with zero attached hydrogens (tertiary/aromatic N) is 1. The summed E-state index contributed by atoms with van der Waals surface area (Å²) in [6.45, 7) is 1.63. The number of hydrogen-bond acceptors (Lipinski definition) is 3. The zero-order valence-corrected chi connectivity index (χ0v) is 13.2. The Kier molecular flexibility index (Phi) is 6.67. The van der Waals surface area contributed by atoms with E-state index in [0.29, 0.717) is 0 Å². The number of carbonyl (C=O) groups is 2. The number of rotatable bonds is 6. The predicted molar refractivity (Wildman–Crippen MR) is 80.0 cm³/mol. The highest BCUT2D eigenvalue weighted by Gasteiger charge is 2.19. The lowest BCUT2D eigenvalue weighted by atomic mass is 10.0. The fraction of sp³-hybridized carbons (Fsp3) is 0.429. The first kappa shape index (κ1) is 16.7. The van der Waals surface area contributed by atoms with Crippen molar-refractivity contribution < 1.29 is 14.7 Å². The van der Waals surface area contributed by atoms with Crippen LogP contribution in [0.2, 0.25) is 0 Å². The van der Waals surface area contributed by atoms with Gasteiger partial charge in [0, 0.05) is 25.0 Å². The molecule has 0 aliphatic heterocycles. The molecular formula is C14H19BrN2O3. The van der Waals surface area contributed by atoms with E-state index < -0.39 is 0 Å². The Hall–Kier alpha value is -1.40. The van der Waals surface area contributed by atoms with Crippen LogP contribution in [-0.2, 0) is 9.59 Å². The van der Waals surface area contributed by atoms with Crippen molar-refractivity contribution in [2.45, 2.75) is 19.4 Å². The summed E-state index contributed by atoms with van der Waals surface area (Å²) >= 11 is 3.35. The zero-order valence-electron chi connectivity index (χ0n) is 11.6. The van der Waals surface area contributed by atoms with Crippen LogP contribution in [0.4, 0.5) is 0 Å². The first-order chi connectivity index (χ1) is 9.43. The van der Waals surface area contributed by atoms with E-state index in [0.717, 1.165) is 10.0 Å². The maximum atomic E-state index is 12.0. The van der Waals surface area contributed by atoms with E-state index in [4.69, 9.17) is 5.11 Å². The maximum Gasteiger partial charge on any atom is 0.224 e. The van der Waals surface area contributed by atoms with Crippen LogP contribution in [0.25, 0.3) is 0 Å². The summed E-state index contributed by atoms with van der Waals surface area (Å²) in [6, 6.07) is 7.10. The van der Waals surface area contributed by atoms with Gasteiger partial charge in [0.05, 0.1) is 19.1 Å². The summed E-state index contributed by atoms with van der Waals surface area (Å²) in [5.41, 5.74) is 0.870. The van der Waals surface area contributed by atoms with Gasteiger partial charge in [-0.2, -0.15) is 0 Å². The molecule has 0 spiro atoms. The van der Waals surface area contributed by atoms with Crippen molar-refractivity contribution >= 4 is 27.7 Å². The van der Waals surface area contributed by atoms with E-state index in [2.05, 4.69) is 21.2 Å². The van der Waals surface area contributed by atoms with Crippen LogP contribution < -0.4 is 5.32 Å². The van der Waals surface area contributed by atoms with Gasteiger partial charge in [-0.05, 0) is 17.7 Å². The molecular weight excluding hydrogens is 324 g/mol. The predicted octanol–water partition coefficient (Wildman–Crippen LogP) is 1.47. The highest BCUT2D eigenvalue weighted by molar-refractivity contribution is 9.10. The van der Waals surface area contributed by atoms with Gasteiger partial charge in [-0.25, -0.2) is 0 Å². The van der Waals surface area contributed by atoms with E-state index in [-0.39, 0.29) is 37.4 Å². The number of carbonyl (C=O) groups excluding carboxylic acids is 2. The summed E-state index contributed by atoms with van der Waals surface area (Å²) in [6.07, 6.45) is 0.164. The summed E-state index contributed by atoms with van der Waals surface area (Å²) in [5, 5.41) is 11.6. The highest BCUT2D eigenvalue weighted by Crippen LogP contribution is 2.20. The largest absolute Gasteiger partial charge is 0.395 e. The van der Waals surface area contributed by atoms with Gasteiger partial charge in [0.1, 0.15) is 0 Å². The Morgan fingerprint density at radius 3 is 2.45 bits per heavy atom. The van der Waals surface area contributed by atoms with E-state index in [1.807, 2.05) is 24.3 Å². The third kappa shape index (κ3) is 5.30. The minimum Gasteiger partial charge on any atom is -0.395 e. The SMILES string of the molecule is CC(=O)NC(CC(=O)N(C)CCO)c1ccc(Br)cc1. The molecule has 0 aliphatic carbocycles. The molecule has 0 saturated carbocycles. The smallest absolute Gasteiger partial charge is 0.224 e. The van der Waals surface area contributed by atoms with Gasteiger partial charge in [-0.3, -0.25) is 9.59 Å². The van der Waals surface area contributed by atoms with Gasteiger partial charge in [-0.15, -0.1) is 0 Å². The monoisotopic (exact) mass is 342 g/mol. The number of halogens is 1. The average Bonchev–Trinajstić information content (AvgIpc) is 2.38. The fourth-order valence-electron chi connectivity index (χ4n) is 1.80. The molecule has 6 heteroatoms. The Morgan fingerprint density at radius 2 is 1.95 bits per heavy atom. The minimum atomic E-state index is -0.366. The van der Waals surface area contributed by atoms with E-state index >= 15 is 0 Å². The molecule has 0 aromatic heterocycles. The van der Waals surface area contributed by atoms with Crippen molar-refractivity contribution in [3.8, 4) is 0 Å². The second kappa shape index (κ2) is 8.01. The zero-order chi connectivity index (χ0) is 15.1. The molecule has 0 heterocycles. The Balaban J connectivity index is 2.81. The van der Waals surface area contributed by atoms with Crippen LogP contribution in [-0.4, -0.2) is 42.0 Å². The number of aliphatic hydroxyl groups excluding tert-OH is 1. The molecule has 110 valence electrons. The Labute approximate surface area is 127 Å². The van der Waals surface area contributed by atoms with E-state index in [1.54, 1.807) is 7.05 Å². The lowest BCUT2D eigenvalue weighted by Gasteiger charge is -2.22. The number of benzene rings is 1. The minimum absolute atomic E-state index is 0.0780. The van der Waals surface area contributed by atoms with Crippen molar-refractivity contribution in [3.05, 3.63) is 34.3 Å². The van der Waals surface area contributed by atoms with Crippen molar-refractivity contribution in [3.63, 3.8) is 0 Å². The summed E-state index contributed by atoms with van der Waals surface area (Å²) in [7, 11) is 1.63. The van der Waals surface area contributed by atoms with Gasteiger partial charge in [-0.1, -0.05) is 28.1 Å². The van der Waals surface area contributed by atoms with Crippen LogP contribution in [0.5, 0.6) is 0 Å². The van der Waals surface area contributed by atoms with Crippen molar-refractivity contribution in [1.82, 2.24) is 10.2 Å². The van der Waals surface area contributed by atoms with E-state index in [9.17, 15) is 9.59 Å². The second-order valence-electron chi connectivity index (χ2n) is 4.55. The number of amides is 2. The molecule has 1 unspecified atom stereocenters. The molecule has 0 radical (unpaired) electrons. The summed E-state index contributed by atoms with van der Waals surface area (Å²) < 4.78 is 0.937. The highest BCUT2D eigenvalue weighted by atomic mass is 79.9. The van der Waals surface area contributed by atoms with Crippen molar-refractivity contribution in [1.29, 1.82) is 0 Å². The number of likely N-dealkylation sites (N-methyl/N-ethyl adjacent to an activating group) is 1. The van der Waals surface area contributed by atoms with Gasteiger partial charge < -0.3 is 15.3 Å². The molecule has 0 fully saturated rings. The van der Waals surface area contributed by atoms with Crippen molar-refractivity contribution in [2.24, 2.45) is 0 Å². The first-order valence-corrected chi connectivity index (χ1v) is 7.10. The van der Waals surface area contributed by atoms with Crippen LogP contribution >= 0.6 is 15.9 Å². The standard InChI is InChI=1S/C14H19BrN2O3/c1-10(19)16-13(9-14(20)17(2)7-8-18)11-3-5-12(15)6-4-11/h3-6,13,18H,7-9H2,1-2H3,(H,16,19). The normalized spacial score (nSPS) is 11.8. The van der Waals surface area contributed by atoms with E-state index in [1.165, 1.54) is 11.8 Å². The maximum absolute atomic E-state index is 12.0. The molecule has 1 atom stereocenters. The quantitative estimate of drug-likeness (QED) is 0.822. The lowest BCUT2D eigenvalue weighted by Crippen LogP contribution is -2.35. The third-order valence-corrected chi connectivity index (χ3v) is 3.42. The molecule has 1 aromatic carbocycles.